The van der Waals surface area contributed by atoms with Crippen LogP contribution in [0.25, 0.3) is 6.08 Å². The molecule has 1 fully saturated rings. The monoisotopic (exact) mass is 309 g/mol. The molecule has 0 unspecified atom stereocenters. The van der Waals surface area contributed by atoms with Gasteiger partial charge in [-0.2, -0.15) is 5.26 Å². The summed E-state index contributed by atoms with van der Waals surface area (Å²) in [5.41, 5.74) is 1.93. The van der Waals surface area contributed by atoms with Crippen LogP contribution >= 0.6 is 0 Å². The van der Waals surface area contributed by atoms with Crippen LogP contribution in [0.1, 0.15) is 82.3 Å². The van der Waals surface area contributed by atoms with Crippen LogP contribution < -0.4 is 0 Å². The lowest BCUT2D eigenvalue weighted by Crippen LogP contribution is -2.14. The molecule has 1 nitrogen and oxygen atoms in total. The Morgan fingerprint density at radius 1 is 1.00 bits per heavy atom. The molecule has 0 radical (unpaired) electrons. The number of nitriles is 1. The summed E-state index contributed by atoms with van der Waals surface area (Å²) in [6.07, 6.45) is 18.5. The molecule has 1 aliphatic carbocycles. The van der Waals surface area contributed by atoms with Crippen LogP contribution in [0.5, 0.6) is 0 Å². The molecule has 0 aromatic heterocycles. The van der Waals surface area contributed by atoms with Crippen LogP contribution in [-0.2, 0) is 0 Å². The van der Waals surface area contributed by atoms with Crippen molar-refractivity contribution in [3.8, 4) is 6.07 Å². The first-order valence-electron chi connectivity index (χ1n) is 9.48. The van der Waals surface area contributed by atoms with Crippen LogP contribution in [0.2, 0.25) is 0 Å². The highest BCUT2D eigenvalue weighted by Crippen LogP contribution is 2.34. The Morgan fingerprint density at radius 2 is 1.65 bits per heavy atom. The second-order valence-corrected chi connectivity index (χ2v) is 7.10. The summed E-state index contributed by atoms with van der Waals surface area (Å²) < 4.78 is 0. The minimum absolute atomic E-state index is 0.734. The molecule has 1 heteroatoms. The van der Waals surface area contributed by atoms with Crippen molar-refractivity contribution in [2.24, 2.45) is 11.8 Å². The first kappa shape index (κ1) is 17.8. The zero-order valence-electron chi connectivity index (χ0n) is 14.6. The van der Waals surface area contributed by atoms with E-state index in [2.05, 4.69) is 25.1 Å². The van der Waals surface area contributed by atoms with Crippen molar-refractivity contribution in [1.29, 1.82) is 5.26 Å². The highest BCUT2D eigenvalue weighted by molar-refractivity contribution is 5.50. The number of hydrogen-bond donors (Lipinski definition) is 0. The van der Waals surface area contributed by atoms with Gasteiger partial charge in [0, 0.05) is 0 Å². The molecule has 0 N–H and O–H groups in total. The van der Waals surface area contributed by atoms with Gasteiger partial charge in [0.25, 0.3) is 0 Å². The van der Waals surface area contributed by atoms with Gasteiger partial charge < -0.3 is 0 Å². The summed E-state index contributed by atoms with van der Waals surface area (Å²) in [4.78, 5) is 0. The van der Waals surface area contributed by atoms with Gasteiger partial charge in [-0.05, 0) is 42.4 Å². The van der Waals surface area contributed by atoms with E-state index in [-0.39, 0.29) is 0 Å². The van der Waals surface area contributed by atoms with E-state index in [4.69, 9.17) is 5.26 Å². The lowest BCUT2D eigenvalue weighted by molar-refractivity contribution is 0.250. The SMILES string of the molecule is CCCCCC1CCC(CC/C=C\c2ccc(C#N)cc2)CC1. The summed E-state index contributed by atoms with van der Waals surface area (Å²) in [5, 5.41) is 8.80. The summed E-state index contributed by atoms with van der Waals surface area (Å²) in [7, 11) is 0. The molecule has 0 heterocycles. The van der Waals surface area contributed by atoms with Crippen LogP contribution in [0.4, 0.5) is 0 Å². The van der Waals surface area contributed by atoms with Crippen LogP contribution in [0, 0.1) is 23.2 Å². The van der Waals surface area contributed by atoms with Gasteiger partial charge in [0.1, 0.15) is 0 Å². The summed E-state index contributed by atoms with van der Waals surface area (Å²) in [6, 6.07) is 9.99. The molecular formula is C22H31N. The lowest BCUT2D eigenvalue weighted by Gasteiger charge is -2.28. The average Bonchev–Trinajstić information content (AvgIpc) is 2.61. The molecule has 1 aromatic rings. The number of hydrogen-bond acceptors (Lipinski definition) is 1. The van der Waals surface area contributed by atoms with Gasteiger partial charge in [-0.1, -0.05) is 82.6 Å². The fraction of sp³-hybridized carbons (Fsp3) is 0.591. The fourth-order valence-corrected chi connectivity index (χ4v) is 3.71. The topological polar surface area (TPSA) is 23.8 Å². The van der Waals surface area contributed by atoms with E-state index in [9.17, 15) is 0 Å². The van der Waals surface area contributed by atoms with Crippen molar-refractivity contribution in [2.75, 3.05) is 0 Å². The van der Waals surface area contributed by atoms with E-state index in [1.54, 1.807) is 0 Å². The Labute approximate surface area is 142 Å². The Bertz CT molecular complexity index is 498. The summed E-state index contributed by atoms with van der Waals surface area (Å²) in [5.74, 6) is 1.97. The maximum absolute atomic E-state index is 8.80. The van der Waals surface area contributed by atoms with E-state index in [1.807, 2.05) is 24.3 Å². The van der Waals surface area contributed by atoms with Gasteiger partial charge in [-0.25, -0.2) is 0 Å². The van der Waals surface area contributed by atoms with E-state index in [1.165, 1.54) is 69.8 Å². The number of benzene rings is 1. The van der Waals surface area contributed by atoms with Crippen LogP contribution in [-0.4, -0.2) is 0 Å². The highest BCUT2D eigenvalue weighted by atomic mass is 14.3. The largest absolute Gasteiger partial charge is 0.192 e. The van der Waals surface area contributed by atoms with Gasteiger partial charge in [0.2, 0.25) is 0 Å². The van der Waals surface area contributed by atoms with Gasteiger partial charge in [-0.15, -0.1) is 0 Å². The standard InChI is InChI=1S/C22H31N/c1-2-3-4-7-19-10-12-20(13-11-19)8-5-6-9-21-14-16-22(18-23)17-15-21/h6,9,14-17,19-20H,2-5,7-8,10-13H2,1H3/b9-6-. The molecule has 0 atom stereocenters. The Hall–Kier alpha value is -1.55. The molecule has 0 bridgehead atoms. The number of allylic oxidation sites excluding steroid dienone is 1. The second-order valence-electron chi connectivity index (χ2n) is 7.10. The normalized spacial score (nSPS) is 21.4. The predicted octanol–water partition coefficient (Wildman–Crippen LogP) is 6.74. The third kappa shape index (κ3) is 6.61. The molecule has 2 rings (SSSR count). The van der Waals surface area contributed by atoms with E-state index in [0.29, 0.717) is 0 Å². The third-order valence-corrected chi connectivity index (χ3v) is 5.27. The molecule has 0 saturated heterocycles. The Balaban J connectivity index is 1.61. The molecular weight excluding hydrogens is 278 g/mol. The fourth-order valence-electron chi connectivity index (χ4n) is 3.71. The van der Waals surface area contributed by atoms with Crippen molar-refractivity contribution in [3.05, 3.63) is 41.5 Å². The maximum Gasteiger partial charge on any atom is 0.0991 e. The second kappa shape index (κ2) is 10.3. The van der Waals surface area contributed by atoms with Crippen LogP contribution in [0.3, 0.4) is 0 Å². The molecule has 0 amide bonds. The highest BCUT2D eigenvalue weighted by Gasteiger charge is 2.19. The zero-order valence-corrected chi connectivity index (χ0v) is 14.6. The Morgan fingerprint density at radius 3 is 2.26 bits per heavy atom. The molecule has 0 spiro atoms. The molecule has 1 aliphatic rings. The molecule has 1 aromatic carbocycles. The van der Waals surface area contributed by atoms with Gasteiger partial charge >= 0.3 is 0 Å². The van der Waals surface area contributed by atoms with E-state index in [0.717, 1.165) is 17.4 Å². The Kier molecular flexibility index (Phi) is 7.95. The van der Waals surface area contributed by atoms with Gasteiger partial charge in [0.05, 0.1) is 11.6 Å². The molecule has 23 heavy (non-hydrogen) atoms. The lowest BCUT2D eigenvalue weighted by atomic mass is 9.78. The van der Waals surface area contributed by atoms with Crippen molar-refractivity contribution < 1.29 is 0 Å². The van der Waals surface area contributed by atoms with Crippen molar-refractivity contribution in [1.82, 2.24) is 0 Å². The van der Waals surface area contributed by atoms with E-state index < -0.39 is 0 Å². The number of unbranched alkanes of at least 4 members (excludes halogenated alkanes) is 2. The maximum atomic E-state index is 8.80. The zero-order chi connectivity index (χ0) is 16.3. The quantitative estimate of drug-likeness (QED) is 0.488. The predicted molar refractivity (Wildman–Crippen MR) is 99.0 cm³/mol. The smallest absolute Gasteiger partial charge is 0.0991 e. The van der Waals surface area contributed by atoms with Crippen molar-refractivity contribution >= 4 is 6.08 Å². The molecule has 1 saturated carbocycles. The minimum atomic E-state index is 0.734. The number of rotatable bonds is 8. The van der Waals surface area contributed by atoms with Gasteiger partial charge in [0.15, 0.2) is 0 Å². The minimum Gasteiger partial charge on any atom is -0.192 e. The summed E-state index contributed by atoms with van der Waals surface area (Å²) in [6.45, 7) is 2.29. The van der Waals surface area contributed by atoms with E-state index >= 15 is 0 Å². The molecule has 124 valence electrons. The summed E-state index contributed by atoms with van der Waals surface area (Å²) >= 11 is 0. The first-order chi connectivity index (χ1) is 11.3. The first-order valence-corrected chi connectivity index (χ1v) is 9.48. The van der Waals surface area contributed by atoms with Crippen LogP contribution in [0.15, 0.2) is 30.3 Å². The molecule has 0 aliphatic heterocycles. The van der Waals surface area contributed by atoms with Gasteiger partial charge in [-0.3, -0.25) is 0 Å². The average molecular weight is 309 g/mol. The third-order valence-electron chi connectivity index (χ3n) is 5.27. The van der Waals surface area contributed by atoms with Crippen molar-refractivity contribution in [3.63, 3.8) is 0 Å². The number of nitrogens with zero attached hydrogens (tertiary/aromatic N) is 1. The van der Waals surface area contributed by atoms with Crippen molar-refractivity contribution in [2.45, 2.75) is 71.1 Å².